The van der Waals surface area contributed by atoms with Gasteiger partial charge in [-0.25, -0.2) is 4.79 Å². The molecule has 6 nitrogen and oxygen atoms in total. The number of methoxy groups -OCH3 is 2. The zero-order valence-electron chi connectivity index (χ0n) is 18.9. The Labute approximate surface area is 197 Å². The summed E-state index contributed by atoms with van der Waals surface area (Å²) in [6.07, 6.45) is 2.58. The second-order valence-electron chi connectivity index (χ2n) is 7.84. The van der Waals surface area contributed by atoms with Crippen LogP contribution in [0.3, 0.4) is 0 Å². The summed E-state index contributed by atoms with van der Waals surface area (Å²) in [5.74, 6) is 0.0385. The lowest BCUT2D eigenvalue weighted by molar-refractivity contribution is -0.111. The zero-order valence-corrected chi connectivity index (χ0v) is 19.7. The highest BCUT2D eigenvalue weighted by atomic mass is 32.1. The number of thiophene rings is 1. The van der Waals surface area contributed by atoms with Gasteiger partial charge in [-0.2, -0.15) is 0 Å². The van der Waals surface area contributed by atoms with Crippen molar-refractivity contribution in [1.82, 2.24) is 4.90 Å². The molecule has 1 N–H and O–H groups in total. The fraction of sp³-hybridized carbons (Fsp3) is 0.231. The maximum absolute atomic E-state index is 13.5. The van der Waals surface area contributed by atoms with Crippen LogP contribution in [-0.2, 0) is 22.5 Å². The van der Waals surface area contributed by atoms with E-state index < -0.39 is 5.97 Å². The minimum atomic E-state index is -0.423. The van der Waals surface area contributed by atoms with Crippen molar-refractivity contribution in [2.45, 2.75) is 13.0 Å². The van der Waals surface area contributed by atoms with Gasteiger partial charge in [-0.15, -0.1) is 11.3 Å². The molecule has 0 aliphatic carbocycles. The number of anilines is 1. The van der Waals surface area contributed by atoms with Gasteiger partial charge in [-0.1, -0.05) is 42.5 Å². The number of hydrogen-bond donors (Lipinski definition) is 1. The van der Waals surface area contributed by atoms with Crippen LogP contribution >= 0.6 is 11.3 Å². The van der Waals surface area contributed by atoms with Crippen LogP contribution in [0, 0.1) is 0 Å². The van der Waals surface area contributed by atoms with E-state index in [1.807, 2.05) is 67.7 Å². The number of ether oxygens (including phenoxy) is 2. The molecule has 0 saturated heterocycles. The van der Waals surface area contributed by atoms with Gasteiger partial charge < -0.3 is 19.7 Å². The normalized spacial score (nSPS) is 13.8. The number of rotatable bonds is 6. The Balaban J connectivity index is 1.72. The van der Waals surface area contributed by atoms with E-state index in [2.05, 4.69) is 10.2 Å². The molecule has 2 heterocycles. The Bertz CT molecular complexity index is 1180. The molecule has 4 rings (SSSR count). The van der Waals surface area contributed by atoms with Crippen molar-refractivity contribution in [3.63, 3.8) is 0 Å². The van der Waals surface area contributed by atoms with E-state index in [1.54, 1.807) is 7.11 Å². The summed E-state index contributed by atoms with van der Waals surface area (Å²) in [5.41, 5.74) is 3.59. The van der Waals surface area contributed by atoms with Gasteiger partial charge in [0.05, 0.1) is 19.8 Å². The third kappa shape index (κ3) is 4.99. The Morgan fingerprint density at radius 1 is 1.06 bits per heavy atom. The highest BCUT2D eigenvalue weighted by molar-refractivity contribution is 7.17. The SMILES string of the molecule is COC(=O)c1c(NC(=O)/C(=C/c2ccc(OC)cc2)c2ccccc2)sc2c1CCN(C)C2. The molecule has 1 aliphatic heterocycles. The van der Waals surface area contributed by atoms with Gasteiger partial charge in [-0.05, 0) is 48.4 Å². The second-order valence-corrected chi connectivity index (χ2v) is 8.94. The number of hydrogen-bond acceptors (Lipinski definition) is 6. The summed E-state index contributed by atoms with van der Waals surface area (Å²) in [6.45, 7) is 1.60. The molecule has 1 aromatic heterocycles. The Morgan fingerprint density at radius 2 is 1.79 bits per heavy atom. The summed E-state index contributed by atoms with van der Waals surface area (Å²) in [5, 5.41) is 3.54. The van der Waals surface area contributed by atoms with Crippen molar-refractivity contribution in [2.75, 3.05) is 33.1 Å². The molecular formula is C26H26N2O4S. The predicted molar refractivity (Wildman–Crippen MR) is 132 cm³/mol. The van der Waals surface area contributed by atoms with Crippen molar-refractivity contribution in [3.8, 4) is 5.75 Å². The number of likely N-dealkylation sites (N-methyl/N-ethyl adjacent to an activating group) is 1. The second kappa shape index (κ2) is 10.0. The van der Waals surface area contributed by atoms with Crippen LogP contribution in [0.4, 0.5) is 5.00 Å². The first kappa shape index (κ1) is 22.8. The molecule has 3 aromatic rings. The smallest absolute Gasteiger partial charge is 0.341 e. The van der Waals surface area contributed by atoms with Crippen LogP contribution in [0.5, 0.6) is 5.75 Å². The number of fused-ring (bicyclic) bond motifs is 1. The molecule has 170 valence electrons. The molecule has 0 bridgehead atoms. The van der Waals surface area contributed by atoms with E-state index in [0.717, 1.165) is 46.8 Å². The number of carbonyl (C=O) groups excluding carboxylic acids is 2. The standard InChI is InChI=1S/C26H26N2O4S/c1-28-14-13-20-22(16-28)33-25(23(20)26(30)32-3)27-24(29)21(18-7-5-4-6-8-18)15-17-9-11-19(31-2)12-10-17/h4-12,15H,13-14,16H2,1-3H3,(H,27,29)/b21-15+. The van der Waals surface area contributed by atoms with Crippen LogP contribution in [0.1, 0.15) is 31.9 Å². The first-order valence-electron chi connectivity index (χ1n) is 10.6. The first-order valence-corrected chi connectivity index (χ1v) is 11.5. The molecule has 0 unspecified atom stereocenters. The monoisotopic (exact) mass is 462 g/mol. The van der Waals surface area contributed by atoms with Crippen LogP contribution in [0.2, 0.25) is 0 Å². The quantitative estimate of drug-likeness (QED) is 0.326. The summed E-state index contributed by atoms with van der Waals surface area (Å²) in [4.78, 5) is 29.4. The van der Waals surface area contributed by atoms with Gasteiger partial charge in [0.2, 0.25) is 0 Å². The molecule has 0 atom stereocenters. The van der Waals surface area contributed by atoms with E-state index >= 15 is 0 Å². The van der Waals surface area contributed by atoms with Crippen molar-refractivity contribution in [3.05, 3.63) is 81.7 Å². The van der Waals surface area contributed by atoms with Gasteiger partial charge in [0.15, 0.2) is 0 Å². The fourth-order valence-corrected chi connectivity index (χ4v) is 5.18. The lowest BCUT2D eigenvalue weighted by atomic mass is 10.0. The molecule has 0 fully saturated rings. The summed E-state index contributed by atoms with van der Waals surface area (Å²) in [6, 6.07) is 17.0. The number of carbonyl (C=O) groups is 2. The van der Waals surface area contributed by atoms with E-state index in [9.17, 15) is 9.59 Å². The number of amides is 1. The molecule has 1 aliphatic rings. The van der Waals surface area contributed by atoms with Gasteiger partial charge in [0, 0.05) is 23.5 Å². The topological polar surface area (TPSA) is 67.9 Å². The van der Waals surface area contributed by atoms with Crippen LogP contribution in [0.15, 0.2) is 54.6 Å². The summed E-state index contributed by atoms with van der Waals surface area (Å²) < 4.78 is 10.3. The van der Waals surface area contributed by atoms with Crippen molar-refractivity contribution in [1.29, 1.82) is 0 Å². The maximum atomic E-state index is 13.5. The molecule has 7 heteroatoms. The molecule has 0 saturated carbocycles. The molecule has 33 heavy (non-hydrogen) atoms. The first-order chi connectivity index (χ1) is 16.0. The van der Waals surface area contributed by atoms with Crippen molar-refractivity contribution in [2.24, 2.45) is 0 Å². The zero-order chi connectivity index (χ0) is 23.4. The van der Waals surface area contributed by atoms with E-state index in [1.165, 1.54) is 18.4 Å². The van der Waals surface area contributed by atoms with E-state index in [4.69, 9.17) is 9.47 Å². The highest BCUT2D eigenvalue weighted by Gasteiger charge is 2.29. The lowest BCUT2D eigenvalue weighted by Crippen LogP contribution is -2.26. The van der Waals surface area contributed by atoms with E-state index in [0.29, 0.717) is 16.1 Å². The van der Waals surface area contributed by atoms with Crippen LogP contribution < -0.4 is 10.1 Å². The maximum Gasteiger partial charge on any atom is 0.341 e. The van der Waals surface area contributed by atoms with Gasteiger partial charge >= 0.3 is 5.97 Å². The minimum Gasteiger partial charge on any atom is -0.497 e. The number of benzene rings is 2. The molecular weight excluding hydrogens is 436 g/mol. The predicted octanol–water partition coefficient (Wildman–Crippen LogP) is 4.71. The van der Waals surface area contributed by atoms with Crippen molar-refractivity contribution >= 4 is 39.9 Å². The third-order valence-corrected chi connectivity index (χ3v) is 6.75. The van der Waals surface area contributed by atoms with Gasteiger partial charge in [0.1, 0.15) is 10.8 Å². The Hall–Kier alpha value is -3.42. The summed E-state index contributed by atoms with van der Waals surface area (Å²) in [7, 11) is 5.03. The van der Waals surface area contributed by atoms with Crippen LogP contribution in [0.25, 0.3) is 11.6 Å². The Morgan fingerprint density at radius 3 is 2.45 bits per heavy atom. The van der Waals surface area contributed by atoms with Gasteiger partial charge in [0.25, 0.3) is 5.91 Å². The largest absolute Gasteiger partial charge is 0.497 e. The number of nitrogens with zero attached hydrogens (tertiary/aromatic N) is 1. The minimum absolute atomic E-state index is 0.283. The highest BCUT2D eigenvalue weighted by Crippen LogP contribution is 2.38. The number of nitrogens with one attached hydrogen (secondary N) is 1. The molecule has 0 spiro atoms. The Kier molecular flexibility index (Phi) is 6.91. The van der Waals surface area contributed by atoms with E-state index in [-0.39, 0.29) is 5.91 Å². The molecule has 1 amide bonds. The van der Waals surface area contributed by atoms with Gasteiger partial charge in [-0.3, -0.25) is 4.79 Å². The average Bonchev–Trinajstić information content (AvgIpc) is 3.19. The van der Waals surface area contributed by atoms with Crippen molar-refractivity contribution < 1.29 is 19.1 Å². The average molecular weight is 463 g/mol. The summed E-state index contributed by atoms with van der Waals surface area (Å²) >= 11 is 1.44. The third-order valence-electron chi connectivity index (χ3n) is 5.62. The lowest BCUT2D eigenvalue weighted by Gasteiger charge is -2.22. The molecule has 2 aromatic carbocycles. The fourth-order valence-electron chi connectivity index (χ4n) is 3.87. The van der Waals surface area contributed by atoms with Crippen LogP contribution in [-0.4, -0.2) is 44.6 Å². The molecule has 0 radical (unpaired) electrons. The number of esters is 1.